The van der Waals surface area contributed by atoms with Crippen molar-refractivity contribution in [2.75, 3.05) is 65.4 Å². The van der Waals surface area contributed by atoms with Gasteiger partial charge in [0.15, 0.2) is 0 Å². The molecule has 5 nitrogen and oxygen atoms in total. The van der Waals surface area contributed by atoms with Crippen LogP contribution in [0.5, 0.6) is 0 Å². The molecule has 1 N–H and O–H groups in total. The molecular weight excluding hydrogens is 360 g/mol. The van der Waals surface area contributed by atoms with Gasteiger partial charge >= 0.3 is 0 Å². The zero-order chi connectivity index (χ0) is 20.8. The number of piperidine rings is 2. The van der Waals surface area contributed by atoms with Gasteiger partial charge in [-0.25, -0.2) is 0 Å². The minimum Gasteiger partial charge on any atom is -0.393 e. The van der Waals surface area contributed by atoms with Gasteiger partial charge in [-0.3, -0.25) is 19.6 Å². The Morgan fingerprint density at radius 2 is 1.07 bits per heavy atom. The largest absolute Gasteiger partial charge is 0.393 e. The molecule has 5 heteroatoms. The summed E-state index contributed by atoms with van der Waals surface area (Å²) in [4.78, 5) is 10.4. The van der Waals surface area contributed by atoms with Crippen LogP contribution in [0.25, 0.3) is 0 Å². The minimum atomic E-state index is -0.0342. The summed E-state index contributed by atoms with van der Waals surface area (Å²) in [6.45, 7) is 21.8. The second-order valence-electron chi connectivity index (χ2n) is 10.9. The van der Waals surface area contributed by atoms with Crippen molar-refractivity contribution in [3.05, 3.63) is 0 Å². The number of hydrogen-bond acceptors (Lipinski definition) is 5. The Bertz CT molecular complexity index is 446. The van der Waals surface area contributed by atoms with Crippen molar-refractivity contribution < 1.29 is 5.11 Å². The molecule has 4 heterocycles. The van der Waals surface area contributed by atoms with Gasteiger partial charge in [-0.2, -0.15) is 0 Å². The van der Waals surface area contributed by atoms with Crippen LogP contribution < -0.4 is 0 Å². The number of aliphatic hydroxyl groups is 1. The summed E-state index contributed by atoms with van der Waals surface area (Å²) >= 11 is 0. The molecule has 29 heavy (non-hydrogen) atoms. The monoisotopic (exact) mass is 408 g/mol. The third-order valence-electron chi connectivity index (χ3n) is 7.05. The highest BCUT2D eigenvalue weighted by atomic mass is 16.3. The molecule has 0 bridgehead atoms. The smallest absolute Gasteiger partial charge is 0.0564 e. The van der Waals surface area contributed by atoms with Gasteiger partial charge in [0, 0.05) is 64.4 Å². The molecule has 4 rings (SSSR count). The Morgan fingerprint density at radius 3 is 1.48 bits per heavy atom. The fraction of sp³-hybridized carbons (Fsp3) is 1.00. The number of rotatable bonds is 6. The SMILES string of the molecule is CC(C)CN1CC(N2CCC(O)CC2)C1.CC(C)CN1CC(N2CCCCC2)C1. The fourth-order valence-electron chi connectivity index (χ4n) is 5.41. The lowest BCUT2D eigenvalue weighted by molar-refractivity contribution is -0.00826. The molecule has 0 aromatic carbocycles. The van der Waals surface area contributed by atoms with Crippen molar-refractivity contribution in [1.82, 2.24) is 19.6 Å². The Kier molecular flexibility index (Phi) is 9.25. The van der Waals surface area contributed by atoms with E-state index in [1.54, 1.807) is 0 Å². The van der Waals surface area contributed by atoms with Crippen LogP contribution in [0.4, 0.5) is 0 Å². The van der Waals surface area contributed by atoms with Crippen LogP contribution in [-0.4, -0.2) is 108 Å². The first-order valence-corrected chi connectivity index (χ1v) is 12.5. The first-order chi connectivity index (χ1) is 13.9. The average Bonchev–Trinajstić information content (AvgIpc) is 2.62. The van der Waals surface area contributed by atoms with E-state index in [1.807, 2.05) is 0 Å². The van der Waals surface area contributed by atoms with E-state index >= 15 is 0 Å². The molecule has 4 aliphatic rings. The van der Waals surface area contributed by atoms with Crippen LogP contribution in [0.2, 0.25) is 0 Å². The van der Waals surface area contributed by atoms with E-state index < -0.39 is 0 Å². The maximum atomic E-state index is 9.43. The molecule has 0 aliphatic carbocycles. The summed E-state index contributed by atoms with van der Waals surface area (Å²) in [5.74, 6) is 1.62. The van der Waals surface area contributed by atoms with E-state index in [0.29, 0.717) is 0 Å². The summed E-state index contributed by atoms with van der Waals surface area (Å²) in [6, 6.07) is 1.67. The Balaban J connectivity index is 0.000000166. The lowest BCUT2D eigenvalue weighted by Crippen LogP contribution is -2.61. The molecule has 4 fully saturated rings. The summed E-state index contributed by atoms with van der Waals surface area (Å²) in [7, 11) is 0. The first kappa shape index (κ1) is 23.5. The van der Waals surface area contributed by atoms with Gasteiger partial charge in [0.05, 0.1) is 6.10 Å². The lowest BCUT2D eigenvalue weighted by atomic mass is 10.0. The van der Waals surface area contributed by atoms with E-state index in [4.69, 9.17) is 0 Å². The molecule has 0 aromatic rings. The first-order valence-electron chi connectivity index (χ1n) is 12.5. The van der Waals surface area contributed by atoms with E-state index in [-0.39, 0.29) is 6.10 Å². The third kappa shape index (κ3) is 7.46. The molecule has 0 aromatic heterocycles. The standard InChI is InChI=1S/C12H24N2O.C12H24N2/c1-10(2)7-13-8-11(9-13)14-5-3-12(15)4-6-14;1-11(2)8-13-9-12(10-13)14-6-4-3-5-7-14/h10-12,15H,3-9H2,1-2H3;11-12H,3-10H2,1-2H3. The van der Waals surface area contributed by atoms with Crippen LogP contribution in [0.3, 0.4) is 0 Å². The van der Waals surface area contributed by atoms with E-state index in [0.717, 1.165) is 49.9 Å². The fourth-order valence-corrected chi connectivity index (χ4v) is 5.41. The van der Waals surface area contributed by atoms with E-state index in [9.17, 15) is 5.11 Å². The topological polar surface area (TPSA) is 33.2 Å². The van der Waals surface area contributed by atoms with Gasteiger partial charge in [0.25, 0.3) is 0 Å². The molecule has 0 radical (unpaired) electrons. The molecule has 170 valence electrons. The maximum absolute atomic E-state index is 9.43. The average molecular weight is 409 g/mol. The van der Waals surface area contributed by atoms with Gasteiger partial charge in [-0.05, 0) is 50.6 Å². The zero-order valence-corrected chi connectivity index (χ0v) is 19.7. The van der Waals surface area contributed by atoms with Crippen LogP contribution in [0.15, 0.2) is 0 Å². The van der Waals surface area contributed by atoms with Gasteiger partial charge in [0.1, 0.15) is 0 Å². The predicted molar refractivity (Wildman–Crippen MR) is 122 cm³/mol. The van der Waals surface area contributed by atoms with Crippen LogP contribution in [-0.2, 0) is 0 Å². The van der Waals surface area contributed by atoms with Gasteiger partial charge < -0.3 is 5.11 Å². The highest BCUT2D eigenvalue weighted by Gasteiger charge is 2.33. The van der Waals surface area contributed by atoms with Gasteiger partial charge in [0.2, 0.25) is 0 Å². The van der Waals surface area contributed by atoms with Gasteiger partial charge in [-0.15, -0.1) is 0 Å². The number of likely N-dealkylation sites (tertiary alicyclic amines) is 4. The van der Waals surface area contributed by atoms with Crippen molar-refractivity contribution in [2.24, 2.45) is 11.8 Å². The van der Waals surface area contributed by atoms with Crippen molar-refractivity contribution in [1.29, 1.82) is 0 Å². The van der Waals surface area contributed by atoms with Gasteiger partial charge in [-0.1, -0.05) is 34.1 Å². The molecule has 0 atom stereocenters. The second-order valence-corrected chi connectivity index (χ2v) is 10.9. The predicted octanol–water partition coefficient (Wildman–Crippen LogP) is 2.60. The minimum absolute atomic E-state index is 0.0342. The molecular formula is C24H48N4O. The number of aliphatic hydroxyl groups excluding tert-OH is 1. The number of nitrogens with zero attached hydrogens (tertiary/aromatic N) is 4. The molecule has 4 aliphatic heterocycles. The second kappa shape index (κ2) is 11.4. The van der Waals surface area contributed by atoms with Crippen LogP contribution in [0.1, 0.15) is 59.8 Å². The summed E-state index contributed by atoms with van der Waals surface area (Å²) in [6.07, 6.45) is 6.23. The van der Waals surface area contributed by atoms with E-state index in [2.05, 4.69) is 47.3 Å². The lowest BCUT2D eigenvalue weighted by Gasteiger charge is -2.47. The van der Waals surface area contributed by atoms with Crippen molar-refractivity contribution in [3.8, 4) is 0 Å². The Labute approximate surface area is 180 Å². The summed E-state index contributed by atoms with van der Waals surface area (Å²) < 4.78 is 0. The Morgan fingerprint density at radius 1 is 0.655 bits per heavy atom. The molecule has 0 amide bonds. The molecule has 0 unspecified atom stereocenters. The van der Waals surface area contributed by atoms with Crippen LogP contribution >= 0.6 is 0 Å². The summed E-state index contributed by atoms with van der Waals surface area (Å²) in [5, 5.41) is 9.43. The highest BCUT2D eigenvalue weighted by molar-refractivity contribution is 4.90. The zero-order valence-electron chi connectivity index (χ0n) is 19.7. The van der Waals surface area contributed by atoms with Crippen LogP contribution in [0, 0.1) is 11.8 Å². The molecule has 0 saturated carbocycles. The maximum Gasteiger partial charge on any atom is 0.0564 e. The summed E-state index contributed by atoms with van der Waals surface area (Å²) in [5.41, 5.74) is 0. The number of hydrogen-bond donors (Lipinski definition) is 1. The van der Waals surface area contributed by atoms with E-state index in [1.165, 1.54) is 71.6 Å². The normalized spacial score (nSPS) is 27.0. The third-order valence-corrected chi connectivity index (χ3v) is 7.05. The highest BCUT2D eigenvalue weighted by Crippen LogP contribution is 2.21. The molecule has 0 spiro atoms. The quantitative estimate of drug-likeness (QED) is 0.731. The molecule has 4 saturated heterocycles. The Hall–Kier alpha value is -0.200. The van der Waals surface area contributed by atoms with Crippen molar-refractivity contribution in [3.63, 3.8) is 0 Å². The van der Waals surface area contributed by atoms with Crippen molar-refractivity contribution in [2.45, 2.75) is 78.0 Å². The van der Waals surface area contributed by atoms with Crippen molar-refractivity contribution >= 4 is 0 Å².